The lowest BCUT2D eigenvalue weighted by molar-refractivity contribution is -0.134. The van der Waals surface area contributed by atoms with Gasteiger partial charge in [-0.05, 0) is 65.2 Å². The fourth-order valence-corrected chi connectivity index (χ4v) is 3.85. The summed E-state index contributed by atoms with van der Waals surface area (Å²) in [6, 6.07) is 0. The molecule has 2 fully saturated rings. The standard InChI is InChI=1S/C20H34N2O4/c1-5-8-20(17(24)21-10-7-15-12-16(23)13-15)9-6-11-22(14-20)18(25)26-19(2,3)4/h5,15-16,23H,1,6-14H2,2-4H3,(H,21,24). The molecule has 1 aliphatic heterocycles. The number of amides is 2. The molecule has 1 saturated carbocycles. The Balaban J connectivity index is 1.94. The Kier molecular flexibility index (Phi) is 6.72. The number of aliphatic hydroxyl groups is 1. The van der Waals surface area contributed by atoms with Crippen molar-refractivity contribution in [3.05, 3.63) is 12.7 Å². The molecule has 6 nitrogen and oxygen atoms in total. The van der Waals surface area contributed by atoms with Crippen LogP contribution in [0.15, 0.2) is 12.7 Å². The molecule has 1 saturated heterocycles. The summed E-state index contributed by atoms with van der Waals surface area (Å²) in [6.07, 6.45) is 5.86. The highest BCUT2D eigenvalue weighted by Gasteiger charge is 2.43. The molecule has 1 aliphatic carbocycles. The molecule has 0 radical (unpaired) electrons. The van der Waals surface area contributed by atoms with Crippen LogP contribution >= 0.6 is 0 Å². The van der Waals surface area contributed by atoms with E-state index in [1.165, 1.54) is 0 Å². The van der Waals surface area contributed by atoms with E-state index >= 15 is 0 Å². The van der Waals surface area contributed by atoms with Gasteiger partial charge in [-0.2, -0.15) is 0 Å². The predicted molar refractivity (Wildman–Crippen MR) is 101 cm³/mol. The first-order valence-corrected chi connectivity index (χ1v) is 9.70. The lowest BCUT2D eigenvalue weighted by atomic mass is 9.76. The Hall–Kier alpha value is -1.56. The second kappa shape index (κ2) is 8.42. The first kappa shape index (κ1) is 20.7. The monoisotopic (exact) mass is 366 g/mol. The van der Waals surface area contributed by atoms with Crippen molar-refractivity contribution in [2.75, 3.05) is 19.6 Å². The van der Waals surface area contributed by atoms with E-state index < -0.39 is 11.0 Å². The average Bonchev–Trinajstić information content (AvgIpc) is 2.52. The van der Waals surface area contributed by atoms with Gasteiger partial charge < -0.3 is 20.1 Å². The molecule has 1 atom stereocenters. The van der Waals surface area contributed by atoms with Crippen molar-refractivity contribution in [3.8, 4) is 0 Å². The van der Waals surface area contributed by atoms with Gasteiger partial charge in [0.05, 0.1) is 11.5 Å². The van der Waals surface area contributed by atoms with Crippen molar-refractivity contribution in [2.45, 2.75) is 71.0 Å². The number of hydrogen-bond donors (Lipinski definition) is 2. The van der Waals surface area contributed by atoms with Gasteiger partial charge in [0.25, 0.3) is 0 Å². The summed E-state index contributed by atoms with van der Waals surface area (Å²) in [4.78, 5) is 27.0. The molecule has 0 aromatic rings. The molecule has 0 bridgehead atoms. The summed E-state index contributed by atoms with van der Waals surface area (Å²) in [5.74, 6) is 0.496. The van der Waals surface area contributed by atoms with E-state index in [2.05, 4.69) is 11.9 Å². The molecular weight excluding hydrogens is 332 g/mol. The van der Waals surface area contributed by atoms with Crippen molar-refractivity contribution in [1.82, 2.24) is 10.2 Å². The lowest BCUT2D eigenvalue weighted by Gasteiger charge is -2.41. The van der Waals surface area contributed by atoms with Crippen LogP contribution in [0.4, 0.5) is 4.79 Å². The van der Waals surface area contributed by atoms with Gasteiger partial charge in [-0.15, -0.1) is 6.58 Å². The molecule has 6 heteroatoms. The summed E-state index contributed by atoms with van der Waals surface area (Å²) >= 11 is 0. The lowest BCUT2D eigenvalue weighted by Crippen LogP contribution is -2.54. The second-order valence-electron chi connectivity index (χ2n) is 8.81. The van der Waals surface area contributed by atoms with E-state index in [-0.39, 0.29) is 18.1 Å². The smallest absolute Gasteiger partial charge is 0.410 e. The van der Waals surface area contributed by atoms with Crippen molar-refractivity contribution in [3.63, 3.8) is 0 Å². The molecule has 2 rings (SSSR count). The summed E-state index contributed by atoms with van der Waals surface area (Å²) < 4.78 is 5.48. The number of aliphatic hydroxyl groups excluding tert-OH is 1. The predicted octanol–water partition coefficient (Wildman–Crippen LogP) is 2.86. The van der Waals surface area contributed by atoms with Crippen molar-refractivity contribution in [1.29, 1.82) is 0 Å². The van der Waals surface area contributed by atoms with Crippen LogP contribution in [-0.4, -0.2) is 53.3 Å². The molecular formula is C20H34N2O4. The van der Waals surface area contributed by atoms with Gasteiger partial charge in [-0.1, -0.05) is 6.08 Å². The quantitative estimate of drug-likeness (QED) is 0.709. The highest BCUT2D eigenvalue weighted by atomic mass is 16.6. The fourth-order valence-electron chi connectivity index (χ4n) is 3.85. The normalized spacial score (nSPS) is 28.8. The number of rotatable bonds is 6. The van der Waals surface area contributed by atoms with Crippen molar-refractivity contribution in [2.24, 2.45) is 11.3 Å². The van der Waals surface area contributed by atoms with E-state index in [0.717, 1.165) is 32.1 Å². The van der Waals surface area contributed by atoms with E-state index in [1.54, 1.807) is 11.0 Å². The topological polar surface area (TPSA) is 78.9 Å². The van der Waals surface area contributed by atoms with Gasteiger partial charge in [0.1, 0.15) is 5.60 Å². The molecule has 148 valence electrons. The third-order valence-electron chi connectivity index (χ3n) is 5.29. The van der Waals surface area contributed by atoms with E-state index in [9.17, 15) is 14.7 Å². The van der Waals surface area contributed by atoms with Crippen LogP contribution in [0, 0.1) is 11.3 Å². The zero-order chi connectivity index (χ0) is 19.4. The molecule has 1 unspecified atom stereocenters. The third kappa shape index (κ3) is 5.47. The number of nitrogens with zero attached hydrogens (tertiary/aromatic N) is 1. The number of piperidine rings is 1. The van der Waals surface area contributed by atoms with E-state index in [1.807, 2.05) is 20.8 Å². The SMILES string of the molecule is C=CCC1(C(=O)NCCC2CC(O)C2)CCCN(C(=O)OC(C)(C)C)C1. The Morgan fingerprint density at radius 2 is 2.08 bits per heavy atom. The van der Waals surface area contributed by atoms with Gasteiger partial charge in [0.2, 0.25) is 5.91 Å². The Morgan fingerprint density at radius 3 is 2.65 bits per heavy atom. The largest absolute Gasteiger partial charge is 0.444 e. The van der Waals surface area contributed by atoms with Gasteiger partial charge in [-0.3, -0.25) is 4.79 Å². The first-order valence-electron chi connectivity index (χ1n) is 9.70. The molecule has 0 spiro atoms. The van der Waals surface area contributed by atoms with E-state index in [0.29, 0.717) is 32.0 Å². The van der Waals surface area contributed by atoms with Crippen LogP contribution in [-0.2, 0) is 9.53 Å². The molecule has 0 aromatic heterocycles. The molecule has 2 amide bonds. The maximum atomic E-state index is 12.9. The van der Waals surface area contributed by atoms with Gasteiger partial charge in [0, 0.05) is 19.6 Å². The zero-order valence-corrected chi connectivity index (χ0v) is 16.4. The Morgan fingerprint density at radius 1 is 1.38 bits per heavy atom. The third-order valence-corrected chi connectivity index (χ3v) is 5.29. The van der Waals surface area contributed by atoms with Crippen LogP contribution in [0.25, 0.3) is 0 Å². The molecule has 26 heavy (non-hydrogen) atoms. The maximum absolute atomic E-state index is 12.9. The minimum atomic E-state index is -0.629. The van der Waals surface area contributed by atoms with Crippen LogP contribution in [0.3, 0.4) is 0 Å². The minimum Gasteiger partial charge on any atom is -0.444 e. The van der Waals surface area contributed by atoms with E-state index in [4.69, 9.17) is 4.74 Å². The molecule has 2 N–H and O–H groups in total. The molecule has 2 aliphatic rings. The number of hydrogen-bond acceptors (Lipinski definition) is 4. The Labute approximate surface area is 157 Å². The van der Waals surface area contributed by atoms with Crippen molar-refractivity contribution < 1.29 is 19.4 Å². The van der Waals surface area contributed by atoms with Crippen LogP contribution in [0.2, 0.25) is 0 Å². The maximum Gasteiger partial charge on any atom is 0.410 e. The summed E-state index contributed by atoms with van der Waals surface area (Å²) in [7, 11) is 0. The van der Waals surface area contributed by atoms with Gasteiger partial charge >= 0.3 is 6.09 Å². The minimum absolute atomic E-state index is 0.00877. The highest BCUT2D eigenvalue weighted by molar-refractivity contribution is 5.84. The average molecular weight is 367 g/mol. The number of carbonyl (C=O) groups excluding carboxylic acids is 2. The molecule has 0 aromatic carbocycles. The highest BCUT2D eigenvalue weighted by Crippen LogP contribution is 2.35. The van der Waals surface area contributed by atoms with Gasteiger partial charge in [0.15, 0.2) is 0 Å². The Bertz CT molecular complexity index is 522. The number of ether oxygens (including phenoxy) is 1. The molecule has 1 heterocycles. The second-order valence-corrected chi connectivity index (χ2v) is 8.81. The van der Waals surface area contributed by atoms with Gasteiger partial charge in [-0.25, -0.2) is 4.79 Å². The van der Waals surface area contributed by atoms with Crippen LogP contribution < -0.4 is 5.32 Å². The number of likely N-dealkylation sites (tertiary alicyclic amines) is 1. The zero-order valence-electron chi connectivity index (χ0n) is 16.4. The first-order chi connectivity index (χ1) is 12.1. The summed E-state index contributed by atoms with van der Waals surface area (Å²) in [5, 5.41) is 12.4. The summed E-state index contributed by atoms with van der Waals surface area (Å²) in [5.41, 5.74) is -1.18. The van der Waals surface area contributed by atoms with Crippen molar-refractivity contribution >= 4 is 12.0 Å². The fraction of sp³-hybridized carbons (Fsp3) is 0.800. The number of carbonyl (C=O) groups is 2. The number of nitrogens with one attached hydrogen (secondary N) is 1. The van der Waals surface area contributed by atoms with Crippen LogP contribution in [0.1, 0.15) is 59.3 Å². The number of allylic oxidation sites excluding steroid dienone is 1. The summed E-state index contributed by atoms with van der Waals surface area (Å²) in [6.45, 7) is 10.9. The van der Waals surface area contributed by atoms with Crippen LogP contribution in [0.5, 0.6) is 0 Å².